The van der Waals surface area contributed by atoms with Crippen molar-refractivity contribution < 1.29 is 18.7 Å². The number of hydrogen-bond acceptors (Lipinski definition) is 6. The van der Waals surface area contributed by atoms with Crippen molar-refractivity contribution in [2.45, 2.75) is 64.3 Å². The zero-order valence-electron chi connectivity index (χ0n) is 24.0. The molecule has 0 radical (unpaired) electrons. The van der Waals surface area contributed by atoms with Crippen LogP contribution in [0.15, 0.2) is 41.8 Å². The number of rotatable bonds is 9. The van der Waals surface area contributed by atoms with Crippen LogP contribution in [0.5, 0.6) is 0 Å². The summed E-state index contributed by atoms with van der Waals surface area (Å²) >= 11 is 1.58. The van der Waals surface area contributed by atoms with E-state index in [4.69, 9.17) is 4.74 Å². The van der Waals surface area contributed by atoms with E-state index in [1.54, 1.807) is 28.4 Å². The SMILES string of the molecule is CCCCC(C(=O)OC)N1C(=O)CC(C)(C)c2ccc(CCN3CCN(c4cc(F)cc5sccc45)CC3)cc21. The number of carbonyl (C=O) groups excluding carboxylic acids is 2. The van der Waals surface area contributed by atoms with Gasteiger partial charge in [-0.3, -0.25) is 14.6 Å². The molecule has 8 heteroatoms. The van der Waals surface area contributed by atoms with Gasteiger partial charge in [-0.25, -0.2) is 9.18 Å². The van der Waals surface area contributed by atoms with Crippen LogP contribution in [0.3, 0.4) is 0 Å². The number of unbranched alkanes of at least 4 members (excludes halogenated alkanes) is 1. The Hall–Kier alpha value is -2.97. The highest BCUT2D eigenvalue weighted by Crippen LogP contribution is 2.42. The topological polar surface area (TPSA) is 53.1 Å². The van der Waals surface area contributed by atoms with E-state index in [0.29, 0.717) is 12.8 Å². The van der Waals surface area contributed by atoms with Gasteiger partial charge in [0.25, 0.3) is 0 Å². The molecule has 2 aliphatic rings. The fraction of sp³-hybridized carbons (Fsp3) is 0.500. The maximum Gasteiger partial charge on any atom is 0.328 e. The Morgan fingerprint density at radius 1 is 1.10 bits per heavy atom. The molecule has 0 aliphatic carbocycles. The van der Waals surface area contributed by atoms with E-state index in [1.807, 2.05) is 5.38 Å². The molecule has 214 valence electrons. The van der Waals surface area contributed by atoms with Gasteiger partial charge >= 0.3 is 5.97 Å². The molecule has 3 heterocycles. The van der Waals surface area contributed by atoms with Crippen LogP contribution in [0.2, 0.25) is 0 Å². The monoisotopic (exact) mass is 565 g/mol. The molecule has 2 aliphatic heterocycles. The molecular weight excluding hydrogens is 525 g/mol. The van der Waals surface area contributed by atoms with Crippen molar-refractivity contribution in [3.8, 4) is 0 Å². The van der Waals surface area contributed by atoms with E-state index >= 15 is 0 Å². The Kier molecular flexibility index (Phi) is 8.47. The van der Waals surface area contributed by atoms with E-state index < -0.39 is 6.04 Å². The highest BCUT2D eigenvalue weighted by Gasteiger charge is 2.42. The maximum atomic E-state index is 14.2. The van der Waals surface area contributed by atoms with Crippen LogP contribution in [0.4, 0.5) is 15.8 Å². The number of amides is 1. The van der Waals surface area contributed by atoms with Gasteiger partial charge in [-0.1, -0.05) is 45.7 Å². The van der Waals surface area contributed by atoms with Gasteiger partial charge in [0.05, 0.1) is 7.11 Å². The molecule has 1 fully saturated rings. The number of nitrogens with zero attached hydrogens (tertiary/aromatic N) is 3. The molecule has 2 aromatic carbocycles. The van der Waals surface area contributed by atoms with Crippen LogP contribution in [-0.2, 0) is 26.2 Å². The largest absolute Gasteiger partial charge is 0.467 e. The Morgan fingerprint density at radius 2 is 1.88 bits per heavy atom. The molecular formula is C32H40FN3O3S. The molecule has 1 unspecified atom stereocenters. The summed E-state index contributed by atoms with van der Waals surface area (Å²) in [5.41, 5.74) is 3.79. The van der Waals surface area contributed by atoms with E-state index in [-0.39, 0.29) is 23.1 Å². The second kappa shape index (κ2) is 11.9. The number of ether oxygens (including phenoxy) is 1. The van der Waals surface area contributed by atoms with Crippen molar-refractivity contribution in [1.29, 1.82) is 0 Å². The molecule has 40 heavy (non-hydrogen) atoms. The Bertz CT molecular complexity index is 1380. The predicted octanol–water partition coefficient (Wildman–Crippen LogP) is 6.15. The highest BCUT2D eigenvalue weighted by atomic mass is 32.1. The van der Waals surface area contributed by atoms with Crippen LogP contribution >= 0.6 is 11.3 Å². The first kappa shape index (κ1) is 28.6. The first-order chi connectivity index (χ1) is 19.2. The summed E-state index contributed by atoms with van der Waals surface area (Å²) in [6.45, 7) is 10.7. The Balaban J connectivity index is 1.30. The van der Waals surface area contributed by atoms with E-state index in [0.717, 1.165) is 84.6 Å². The van der Waals surface area contributed by atoms with Crippen LogP contribution in [-0.4, -0.2) is 62.7 Å². The minimum atomic E-state index is -0.604. The number of hydrogen-bond donors (Lipinski definition) is 0. The molecule has 1 aromatic heterocycles. The molecule has 1 amide bonds. The summed E-state index contributed by atoms with van der Waals surface area (Å²) in [6.07, 6.45) is 3.60. The second-order valence-electron chi connectivity index (χ2n) is 11.7. The second-order valence-corrected chi connectivity index (χ2v) is 12.6. The average molecular weight is 566 g/mol. The van der Waals surface area contributed by atoms with Crippen LogP contribution in [0.25, 0.3) is 10.1 Å². The maximum absolute atomic E-state index is 14.2. The van der Waals surface area contributed by atoms with Gasteiger partial charge in [-0.2, -0.15) is 0 Å². The van der Waals surface area contributed by atoms with Gasteiger partial charge in [0.15, 0.2) is 0 Å². The van der Waals surface area contributed by atoms with Gasteiger partial charge < -0.3 is 9.64 Å². The highest BCUT2D eigenvalue weighted by molar-refractivity contribution is 7.17. The number of benzene rings is 2. The summed E-state index contributed by atoms with van der Waals surface area (Å²) in [7, 11) is 1.40. The zero-order valence-corrected chi connectivity index (χ0v) is 24.9. The molecule has 6 nitrogen and oxygen atoms in total. The van der Waals surface area contributed by atoms with E-state index in [1.165, 1.54) is 7.11 Å². The summed E-state index contributed by atoms with van der Waals surface area (Å²) in [4.78, 5) is 32.7. The van der Waals surface area contributed by atoms with E-state index in [9.17, 15) is 14.0 Å². The predicted molar refractivity (Wildman–Crippen MR) is 161 cm³/mol. The third kappa shape index (κ3) is 5.75. The van der Waals surface area contributed by atoms with Crippen molar-refractivity contribution in [3.05, 3.63) is 58.7 Å². The number of carbonyl (C=O) groups is 2. The van der Waals surface area contributed by atoms with Crippen molar-refractivity contribution >= 4 is 44.7 Å². The van der Waals surface area contributed by atoms with Crippen molar-refractivity contribution in [3.63, 3.8) is 0 Å². The zero-order chi connectivity index (χ0) is 28.4. The number of piperazine rings is 1. The first-order valence-electron chi connectivity index (χ1n) is 14.4. The van der Waals surface area contributed by atoms with Gasteiger partial charge in [0.2, 0.25) is 5.91 Å². The minimum absolute atomic E-state index is 0.0191. The third-order valence-electron chi connectivity index (χ3n) is 8.47. The Labute approximate surface area is 240 Å². The van der Waals surface area contributed by atoms with Crippen LogP contribution in [0.1, 0.15) is 57.6 Å². The fourth-order valence-electron chi connectivity index (χ4n) is 6.21. The van der Waals surface area contributed by atoms with Crippen LogP contribution in [0, 0.1) is 5.82 Å². The quantitative estimate of drug-likeness (QED) is 0.291. The molecule has 1 saturated heterocycles. The molecule has 0 bridgehead atoms. The number of methoxy groups -OCH3 is 1. The number of halogens is 1. The molecule has 3 aromatic rings. The van der Waals surface area contributed by atoms with Gasteiger partial charge in [0, 0.05) is 66.0 Å². The van der Waals surface area contributed by atoms with Crippen molar-refractivity contribution in [2.75, 3.05) is 49.6 Å². The number of esters is 1. The number of thiophene rings is 1. The lowest BCUT2D eigenvalue weighted by atomic mass is 9.76. The molecule has 5 rings (SSSR count). The molecule has 0 spiro atoms. The summed E-state index contributed by atoms with van der Waals surface area (Å²) in [5.74, 6) is -0.553. The standard InChI is InChI=1S/C32H40FN3O3S/c1-5-6-7-26(31(38)39-4)36-28-18-22(8-9-25(28)32(2,3)21-30(36)37)10-12-34-13-15-35(16-14-34)27-19-23(33)20-29-24(27)11-17-40-29/h8-9,11,17-20,26H,5-7,10,12-16,21H2,1-4H3. The smallest absolute Gasteiger partial charge is 0.328 e. The van der Waals surface area contributed by atoms with Gasteiger partial charge in [-0.15, -0.1) is 11.3 Å². The molecule has 0 saturated carbocycles. The fourth-order valence-corrected chi connectivity index (χ4v) is 7.04. The molecule has 1 atom stereocenters. The van der Waals surface area contributed by atoms with Gasteiger partial charge in [0.1, 0.15) is 11.9 Å². The lowest BCUT2D eigenvalue weighted by molar-refractivity contribution is -0.144. The normalized spacial score (nSPS) is 18.2. The summed E-state index contributed by atoms with van der Waals surface area (Å²) in [6, 6.07) is 11.2. The average Bonchev–Trinajstić information content (AvgIpc) is 3.41. The van der Waals surface area contributed by atoms with E-state index in [2.05, 4.69) is 54.8 Å². The van der Waals surface area contributed by atoms with Gasteiger partial charge in [-0.05, 0) is 53.6 Å². The number of fused-ring (bicyclic) bond motifs is 2. The van der Waals surface area contributed by atoms with Crippen molar-refractivity contribution in [1.82, 2.24) is 4.90 Å². The molecule has 0 N–H and O–H groups in total. The Morgan fingerprint density at radius 3 is 2.60 bits per heavy atom. The number of anilines is 2. The first-order valence-corrected chi connectivity index (χ1v) is 15.3. The summed E-state index contributed by atoms with van der Waals surface area (Å²) in [5, 5.41) is 3.15. The summed E-state index contributed by atoms with van der Waals surface area (Å²) < 4.78 is 20.4. The lowest BCUT2D eigenvalue weighted by Gasteiger charge is -2.41. The van der Waals surface area contributed by atoms with Crippen LogP contribution < -0.4 is 9.80 Å². The third-order valence-corrected chi connectivity index (χ3v) is 9.34. The lowest BCUT2D eigenvalue weighted by Crippen LogP contribution is -2.51. The van der Waals surface area contributed by atoms with Crippen molar-refractivity contribution in [2.24, 2.45) is 0 Å². The minimum Gasteiger partial charge on any atom is -0.467 e.